The van der Waals surface area contributed by atoms with Crippen molar-refractivity contribution in [2.45, 2.75) is 25.0 Å². The first-order chi connectivity index (χ1) is 15.3. The topological polar surface area (TPSA) is 88.9 Å². The first-order valence-corrected chi connectivity index (χ1v) is 11.3. The van der Waals surface area contributed by atoms with E-state index in [9.17, 15) is 14.0 Å². The molecule has 32 heavy (non-hydrogen) atoms. The molecule has 3 rings (SSSR count). The summed E-state index contributed by atoms with van der Waals surface area (Å²) in [7, 11) is 1.77. The van der Waals surface area contributed by atoms with Gasteiger partial charge in [0.2, 0.25) is 5.91 Å². The molecule has 7 nitrogen and oxygen atoms in total. The quantitative estimate of drug-likeness (QED) is 0.469. The molecule has 0 aliphatic rings. The first kappa shape index (κ1) is 23.7. The summed E-state index contributed by atoms with van der Waals surface area (Å²) in [5.74, 6) is -0.467. The number of aromatic nitrogens is 3. The van der Waals surface area contributed by atoms with Gasteiger partial charge in [-0.3, -0.25) is 9.59 Å². The van der Waals surface area contributed by atoms with Crippen molar-refractivity contribution >= 4 is 40.9 Å². The van der Waals surface area contributed by atoms with Crippen LogP contribution in [0.4, 0.5) is 10.1 Å². The molecule has 0 saturated heterocycles. The molecule has 0 saturated carbocycles. The van der Waals surface area contributed by atoms with Crippen LogP contribution in [0.3, 0.4) is 0 Å². The molecule has 2 N–H and O–H groups in total. The lowest BCUT2D eigenvalue weighted by Gasteiger charge is -2.21. The predicted octanol–water partition coefficient (Wildman–Crippen LogP) is 4.47. The summed E-state index contributed by atoms with van der Waals surface area (Å²) in [4.78, 5) is 24.9. The molecule has 10 heteroatoms. The summed E-state index contributed by atoms with van der Waals surface area (Å²) < 4.78 is 15.4. The zero-order chi connectivity index (χ0) is 23.3. The number of hydrogen-bond acceptors (Lipinski definition) is 5. The van der Waals surface area contributed by atoms with Crippen LogP contribution in [-0.4, -0.2) is 32.3 Å². The monoisotopic (exact) mass is 475 g/mol. The molecule has 1 aromatic heterocycles. The van der Waals surface area contributed by atoms with Crippen molar-refractivity contribution in [3.63, 3.8) is 0 Å². The molecule has 1 heterocycles. The van der Waals surface area contributed by atoms with E-state index >= 15 is 0 Å². The van der Waals surface area contributed by atoms with Gasteiger partial charge in [-0.05, 0) is 42.3 Å². The van der Waals surface area contributed by atoms with E-state index in [2.05, 4.69) is 20.8 Å². The van der Waals surface area contributed by atoms with Crippen LogP contribution in [0.2, 0.25) is 5.02 Å². The Morgan fingerprint density at radius 3 is 2.47 bits per heavy atom. The molecule has 0 fully saturated rings. The third-order valence-electron chi connectivity index (χ3n) is 4.69. The van der Waals surface area contributed by atoms with Gasteiger partial charge in [-0.2, -0.15) is 0 Å². The van der Waals surface area contributed by atoms with Gasteiger partial charge in [0, 0.05) is 17.6 Å². The van der Waals surface area contributed by atoms with Gasteiger partial charge < -0.3 is 15.2 Å². The van der Waals surface area contributed by atoms with Crippen LogP contribution < -0.4 is 10.6 Å². The zero-order valence-corrected chi connectivity index (χ0v) is 19.4. The van der Waals surface area contributed by atoms with Gasteiger partial charge in [0.1, 0.15) is 5.82 Å². The van der Waals surface area contributed by atoms with Crippen molar-refractivity contribution in [3.8, 4) is 0 Å². The lowest BCUT2D eigenvalue weighted by atomic mass is 10.0. The predicted molar refractivity (Wildman–Crippen MR) is 123 cm³/mol. The Kier molecular flexibility index (Phi) is 7.87. The van der Waals surface area contributed by atoms with E-state index in [0.717, 1.165) is 0 Å². The molecule has 0 radical (unpaired) electrons. The Hall–Kier alpha value is -2.91. The van der Waals surface area contributed by atoms with Crippen molar-refractivity contribution in [2.75, 3.05) is 11.1 Å². The summed E-state index contributed by atoms with van der Waals surface area (Å²) in [6, 6.07) is 12.2. The van der Waals surface area contributed by atoms with Gasteiger partial charge in [0.25, 0.3) is 5.91 Å². The largest absolute Gasteiger partial charge is 0.342 e. The number of carbonyl (C=O) groups excluding carboxylic acids is 2. The summed E-state index contributed by atoms with van der Waals surface area (Å²) in [5, 5.41) is 15.0. The molecule has 0 spiro atoms. The van der Waals surface area contributed by atoms with Crippen molar-refractivity contribution in [1.29, 1.82) is 0 Å². The highest BCUT2D eigenvalue weighted by Gasteiger charge is 2.25. The van der Waals surface area contributed by atoms with E-state index < -0.39 is 11.9 Å². The highest BCUT2D eigenvalue weighted by atomic mass is 35.5. The van der Waals surface area contributed by atoms with Crippen LogP contribution >= 0.6 is 23.4 Å². The summed E-state index contributed by atoms with van der Waals surface area (Å²) >= 11 is 7.07. The maximum Gasteiger partial charge on any atom is 0.251 e. The van der Waals surface area contributed by atoms with E-state index in [1.807, 2.05) is 13.8 Å². The smallest absolute Gasteiger partial charge is 0.251 e. The number of rotatable bonds is 8. The van der Waals surface area contributed by atoms with Crippen molar-refractivity contribution in [1.82, 2.24) is 20.1 Å². The average molecular weight is 476 g/mol. The number of para-hydroxylation sites is 1. The van der Waals surface area contributed by atoms with Crippen molar-refractivity contribution < 1.29 is 14.0 Å². The lowest BCUT2D eigenvalue weighted by molar-refractivity contribution is -0.113. The molecular weight excluding hydrogens is 453 g/mol. The second kappa shape index (κ2) is 10.6. The Bertz CT molecular complexity index is 1100. The van der Waals surface area contributed by atoms with E-state index in [4.69, 9.17) is 11.6 Å². The summed E-state index contributed by atoms with van der Waals surface area (Å²) in [6.45, 7) is 3.94. The molecule has 3 aromatic rings. The van der Waals surface area contributed by atoms with Gasteiger partial charge in [-0.25, -0.2) is 4.39 Å². The van der Waals surface area contributed by atoms with E-state index in [1.54, 1.807) is 48.0 Å². The average Bonchev–Trinajstić information content (AvgIpc) is 3.12. The maximum atomic E-state index is 13.7. The van der Waals surface area contributed by atoms with Gasteiger partial charge in [0.05, 0.1) is 17.5 Å². The molecule has 0 aliphatic carbocycles. The molecular formula is C22H23ClFN5O2S. The minimum absolute atomic E-state index is 0.0315. The van der Waals surface area contributed by atoms with Gasteiger partial charge in [-0.1, -0.05) is 49.3 Å². The number of halogens is 2. The van der Waals surface area contributed by atoms with E-state index in [0.29, 0.717) is 21.6 Å². The second-order valence-electron chi connectivity index (χ2n) is 7.42. The number of carbonyl (C=O) groups is 2. The highest BCUT2D eigenvalue weighted by molar-refractivity contribution is 7.99. The van der Waals surface area contributed by atoms with Crippen LogP contribution in [0, 0.1) is 11.7 Å². The van der Waals surface area contributed by atoms with Crippen LogP contribution in [0.1, 0.15) is 36.1 Å². The zero-order valence-electron chi connectivity index (χ0n) is 17.8. The lowest BCUT2D eigenvalue weighted by Crippen LogP contribution is -2.33. The molecule has 168 valence electrons. The number of anilines is 1. The molecule has 0 unspecified atom stereocenters. The molecule has 1 atom stereocenters. The van der Waals surface area contributed by atoms with Gasteiger partial charge >= 0.3 is 0 Å². The third-order valence-corrected chi connectivity index (χ3v) is 5.96. The number of amides is 2. The first-order valence-electron chi connectivity index (χ1n) is 9.89. The van der Waals surface area contributed by atoms with Crippen LogP contribution in [0.25, 0.3) is 0 Å². The van der Waals surface area contributed by atoms with Crippen LogP contribution in [-0.2, 0) is 11.8 Å². The number of benzene rings is 2. The number of nitrogens with one attached hydrogen (secondary N) is 2. The van der Waals surface area contributed by atoms with E-state index in [-0.39, 0.29) is 29.2 Å². The minimum Gasteiger partial charge on any atom is -0.342 e. The fourth-order valence-electron chi connectivity index (χ4n) is 2.96. The van der Waals surface area contributed by atoms with Gasteiger partial charge in [0.15, 0.2) is 11.0 Å². The highest BCUT2D eigenvalue weighted by Crippen LogP contribution is 2.25. The van der Waals surface area contributed by atoms with Crippen molar-refractivity contribution in [3.05, 3.63) is 70.8 Å². The molecule has 2 amide bonds. The standard InChI is InChI=1S/C22H23ClFN5O2S/c1-13(2)19(26-21(31)14-8-10-15(23)11-9-14)20-27-28-22(29(20)3)32-12-18(30)25-17-7-5-4-6-16(17)24/h4-11,13,19H,12H2,1-3H3,(H,25,30)(H,26,31)/t19-/m1/s1. The number of hydrogen-bond donors (Lipinski definition) is 2. The third kappa shape index (κ3) is 5.86. The molecule has 2 aromatic carbocycles. The molecule has 0 bridgehead atoms. The Balaban J connectivity index is 1.67. The summed E-state index contributed by atoms with van der Waals surface area (Å²) in [6.07, 6.45) is 0. The van der Waals surface area contributed by atoms with Crippen LogP contribution in [0.15, 0.2) is 53.7 Å². The second-order valence-corrected chi connectivity index (χ2v) is 8.80. The fourth-order valence-corrected chi connectivity index (χ4v) is 3.80. The Morgan fingerprint density at radius 1 is 1.12 bits per heavy atom. The Morgan fingerprint density at radius 2 is 1.81 bits per heavy atom. The Labute approximate surface area is 194 Å². The normalized spacial score (nSPS) is 11.9. The SMILES string of the molecule is CC(C)[C@@H](NC(=O)c1ccc(Cl)cc1)c1nnc(SCC(=O)Nc2ccccc2F)n1C. The number of nitrogens with zero attached hydrogens (tertiary/aromatic N) is 3. The maximum absolute atomic E-state index is 13.7. The van der Waals surface area contributed by atoms with E-state index in [1.165, 1.54) is 23.9 Å². The van der Waals surface area contributed by atoms with Crippen molar-refractivity contribution in [2.24, 2.45) is 13.0 Å². The molecule has 0 aliphatic heterocycles. The number of thioether (sulfide) groups is 1. The summed E-state index contributed by atoms with van der Waals surface area (Å²) in [5.41, 5.74) is 0.614. The van der Waals surface area contributed by atoms with Gasteiger partial charge in [-0.15, -0.1) is 10.2 Å². The fraction of sp³-hybridized carbons (Fsp3) is 0.273. The van der Waals surface area contributed by atoms with Crippen LogP contribution in [0.5, 0.6) is 0 Å². The minimum atomic E-state index is -0.497.